The number of fused-ring (bicyclic) bond motifs is 1. The van der Waals surface area contributed by atoms with Crippen molar-refractivity contribution in [3.05, 3.63) is 65.6 Å². The molecule has 0 aliphatic heterocycles. The molecule has 1 aliphatic carbocycles. The number of rotatable bonds is 5. The van der Waals surface area contributed by atoms with E-state index in [2.05, 4.69) is 20.7 Å². The lowest BCUT2D eigenvalue weighted by Crippen LogP contribution is -2.21. The number of nitrogen functional groups attached to an aromatic ring is 1. The molecule has 0 unspecified atom stereocenters. The van der Waals surface area contributed by atoms with Gasteiger partial charge in [-0.25, -0.2) is 18.9 Å². The highest BCUT2D eigenvalue weighted by Crippen LogP contribution is 2.49. The number of carboxylic acids is 1. The normalized spacial score (nSPS) is 14.0. The van der Waals surface area contributed by atoms with E-state index in [9.17, 15) is 19.1 Å². The zero-order valence-corrected chi connectivity index (χ0v) is 19.1. The molecule has 0 saturated heterocycles. The van der Waals surface area contributed by atoms with Crippen LogP contribution < -0.4 is 16.4 Å². The Balaban J connectivity index is 1.45. The van der Waals surface area contributed by atoms with Crippen LogP contribution in [0.4, 0.5) is 26.4 Å². The van der Waals surface area contributed by atoms with Crippen LogP contribution >= 0.6 is 0 Å². The van der Waals surface area contributed by atoms with E-state index in [-0.39, 0.29) is 5.69 Å². The molecule has 2 aromatic heterocycles. The number of benzene rings is 2. The second-order valence-corrected chi connectivity index (χ2v) is 8.79. The molecular weight excluding hydrogens is 451 g/mol. The van der Waals surface area contributed by atoms with E-state index in [1.807, 2.05) is 0 Å². The number of aliphatic carboxylic acids is 1. The van der Waals surface area contributed by atoms with Gasteiger partial charge in [0.25, 0.3) is 0 Å². The Morgan fingerprint density at radius 2 is 1.83 bits per heavy atom. The lowest BCUT2D eigenvalue weighted by atomic mass is 9.95. The number of pyridine rings is 1. The molecule has 9 nitrogen and oxygen atoms in total. The summed E-state index contributed by atoms with van der Waals surface area (Å²) in [5.41, 5.74) is 9.01. The molecule has 0 spiro atoms. The number of nitrogens with two attached hydrogens (primary N) is 1. The number of amides is 2. The minimum Gasteiger partial charge on any atom is -0.481 e. The first kappa shape index (κ1) is 22.3. The molecule has 0 radical (unpaired) electrons. The van der Waals surface area contributed by atoms with Crippen LogP contribution in [0.3, 0.4) is 0 Å². The van der Waals surface area contributed by atoms with Crippen LogP contribution in [0.15, 0.2) is 48.5 Å². The molecule has 2 heterocycles. The van der Waals surface area contributed by atoms with Crippen molar-refractivity contribution in [3.63, 3.8) is 0 Å². The molecule has 2 aromatic carbocycles. The molecule has 5 rings (SSSR count). The van der Waals surface area contributed by atoms with E-state index in [0.29, 0.717) is 46.6 Å². The quantitative estimate of drug-likeness (QED) is 0.338. The van der Waals surface area contributed by atoms with Gasteiger partial charge in [-0.3, -0.25) is 4.79 Å². The standard InChI is InChI=1S/C25H23FN6O3/c1-13-3-8-17(26)18(11-13)29-24(35)28-15-6-4-14(5-7-15)16-12-19(25(9-10-25)23(33)34)30-22-20(16)21(27)31-32(22)2/h3-8,11-12H,9-10H2,1-2H3,(H2,27,31)(H,33,34)(H2,28,29,35). The van der Waals surface area contributed by atoms with E-state index >= 15 is 0 Å². The smallest absolute Gasteiger partial charge is 0.323 e. The first-order valence-electron chi connectivity index (χ1n) is 11.0. The Hall–Kier alpha value is -4.47. The Bertz CT molecular complexity index is 1490. The van der Waals surface area contributed by atoms with Gasteiger partial charge in [0.05, 0.1) is 16.8 Å². The maximum Gasteiger partial charge on any atom is 0.323 e. The number of carboxylic acid groups (broad SMARTS) is 1. The van der Waals surface area contributed by atoms with E-state index < -0.39 is 23.2 Å². The van der Waals surface area contributed by atoms with Gasteiger partial charge in [-0.2, -0.15) is 5.10 Å². The van der Waals surface area contributed by atoms with E-state index in [1.54, 1.807) is 61.1 Å². The summed E-state index contributed by atoms with van der Waals surface area (Å²) in [5, 5.41) is 19.8. The fourth-order valence-electron chi connectivity index (χ4n) is 4.21. The van der Waals surface area contributed by atoms with Gasteiger partial charge in [0, 0.05) is 12.7 Å². The zero-order valence-electron chi connectivity index (χ0n) is 19.1. The Morgan fingerprint density at radius 1 is 1.11 bits per heavy atom. The highest BCUT2D eigenvalue weighted by Gasteiger charge is 2.53. The third kappa shape index (κ3) is 3.92. The number of hydrogen-bond donors (Lipinski definition) is 4. The van der Waals surface area contributed by atoms with E-state index in [4.69, 9.17) is 5.73 Å². The number of aryl methyl sites for hydroxylation is 2. The second-order valence-electron chi connectivity index (χ2n) is 8.79. The number of nitrogens with zero attached hydrogens (tertiary/aromatic N) is 3. The van der Waals surface area contributed by atoms with Crippen LogP contribution in [0.1, 0.15) is 24.1 Å². The van der Waals surface area contributed by atoms with Gasteiger partial charge in [0.1, 0.15) is 11.2 Å². The van der Waals surface area contributed by atoms with Crippen molar-refractivity contribution in [2.75, 3.05) is 16.4 Å². The van der Waals surface area contributed by atoms with Gasteiger partial charge in [-0.1, -0.05) is 18.2 Å². The average molecular weight is 474 g/mol. The minimum atomic E-state index is -0.993. The second kappa shape index (κ2) is 8.08. The average Bonchev–Trinajstić information content (AvgIpc) is 3.58. The number of halogens is 1. The maximum atomic E-state index is 13.9. The summed E-state index contributed by atoms with van der Waals surface area (Å²) in [6.07, 6.45) is 1.04. The molecule has 0 atom stereocenters. The van der Waals surface area contributed by atoms with Gasteiger partial charge < -0.3 is 21.5 Å². The van der Waals surface area contributed by atoms with Gasteiger partial charge in [0.15, 0.2) is 11.5 Å². The van der Waals surface area contributed by atoms with Crippen molar-refractivity contribution in [1.82, 2.24) is 14.8 Å². The summed E-state index contributed by atoms with van der Waals surface area (Å²) in [5.74, 6) is -1.14. The molecule has 2 amide bonds. The SMILES string of the molecule is Cc1ccc(F)c(NC(=O)Nc2ccc(-c3cc(C4(C(=O)O)CC4)nc4c3c(N)nn4C)cc2)c1. The highest BCUT2D eigenvalue weighted by molar-refractivity contribution is 6.02. The van der Waals surface area contributed by atoms with Gasteiger partial charge in [-0.05, 0) is 66.8 Å². The number of anilines is 3. The van der Waals surface area contributed by atoms with Crippen molar-refractivity contribution in [2.24, 2.45) is 7.05 Å². The van der Waals surface area contributed by atoms with E-state index in [0.717, 1.165) is 11.1 Å². The van der Waals surface area contributed by atoms with Crippen molar-refractivity contribution < 1.29 is 19.1 Å². The fraction of sp³-hybridized carbons (Fsp3) is 0.200. The Morgan fingerprint density at radius 3 is 2.49 bits per heavy atom. The molecule has 35 heavy (non-hydrogen) atoms. The molecule has 1 aliphatic rings. The van der Waals surface area contributed by atoms with Gasteiger partial charge in [0.2, 0.25) is 0 Å². The third-order valence-electron chi connectivity index (χ3n) is 6.29. The number of carbonyl (C=O) groups is 2. The summed E-state index contributed by atoms with van der Waals surface area (Å²) in [4.78, 5) is 28.9. The largest absolute Gasteiger partial charge is 0.481 e. The molecule has 1 fully saturated rings. The number of hydrogen-bond acceptors (Lipinski definition) is 5. The summed E-state index contributed by atoms with van der Waals surface area (Å²) < 4.78 is 15.5. The van der Waals surface area contributed by atoms with Crippen molar-refractivity contribution in [3.8, 4) is 11.1 Å². The first-order chi connectivity index (χ1) is 16.7. The van der Waals surface area contributed by atoms with Crippen molar-refractivity contribution in [2.45, 2.75) is 25.2 Å². The molecule has 10 heteroatoms. The summed E-state index contributed by atoms with van der Waals surface area (Å²) in [6, 6.07) is 12.6. The molecule has 4 aromatic rings. The number of urea groups is 1. The Labute approximate surface area is 199 Å². The number of aromatic nitrogens is 3. The lowest BCUT2D eigenvalue weighted by molar-refractivity contribution is -0.140. The van der Waals surface area contributed by atoms with Crippen molar-refractivity contribution >= 4 is 40.2 Å². The molecule has 0 bridgehead atoms. The summed E-state index contributed by atoms with van der Waals surface area (Å²) >= 11 is 0. The van der Waals surface area contributed by atoms with Gasteiger partial charge >= 0.3 is 12.0 Å². The summed E-state index contributed by atoms with van der Waals surface area (Å²) in [6.45, 7) is 1.80. The molecule has 178 valence electrons. The Kier molecular flexibility index (Phi) is 5.16. The minimum absolute atomic E-state index is 0.0883. The van der Waals surface area contributed by atoms with Crippen LogP contribution in [0.25, 0.3) is 22.2 Å². The van der Waals surface area contributed by atoms with Crippen LogP contribution in [-0.2, 0) is 17.3 Å². The molecule has 1 saturated carbocycles. The van der Waals surface area contributed by atoms with E-state index in [1.165, 1.54) is 6.07 Å². The van der Waals surface area contributed by atoms with Crippen molar-refractivity contribution in [1.29, 1.82) is 0 Å². The number of nitrogens with one attached hydrogen (secondary N) is 2. The topological polar surface area (TPSA) is 135 Å². The van der Waals surface area contributed by atoms with Crippen LogP contribution in [0.5, 0.6) is 0 Å². The monoisotopic (exact) mass is 474 g/mol. The van der Waals surface area contributed by atoms with Crippen LogP contribution in [0.2, 0.25) is 0 Å². The highest BCUT2D eigenvalue weighted by atomic mass is 19.1. The third-order valence-corrected chi connectivity index (χ3v) is 6.29. The maximum absolute atomic E-state index is 13.9. The fourth-order valence-corrected chi connectivity index (χ4v) is 4.21. The predicted octanol–water partition coefficient (Wildman–Crippen LogP) is 4.43. The molecular formula is C25H23FN6O3. The van der Waals surface area contributed by atoms with Crippen LogP contribution in [-0.4, -0.2) is 31.9 Å². The molecule has 5 N–H and O–H groups in total. The first-order valence-corrected chi connectivity index (χ1v) is 11.0. The summed E-state index contributed by atoms with van der Waals surface area (Å²) in [7, 11) is 1.71. The van der Waals surface area contributed by atoms with Gasteiger partial charge in [-0.15, -0.1) is 0 Å². The zero-order chi connectivity index (χ0) is 24.9. The lowest BCUT2D eigenvalue weighted by Gasteiger charge is -2.14. The van der Waals surface area contributed by atoms with Crippen LogP contribution in [0, 0.1) is 12.7 Å². The number of carbonyl (C=O) groups excluding carboxylic acids is 1. The predicted molar refractivity (Wildman–Crippen MR) is 131 cm³/mol.